The Morgan fingerprint density at radius 2 is 2.10 bits per heavy atom. The lowest BCUT2D eigenvalue weighted by molar-refractivity contribution is -0.141. The van der Waals surface area contributed by atoms with Gasteiger partial charge in [-0.3, -0.25) is 4.79 Å². The van der Waals surface area contributed by atoms with Crippen LogP contribution < -0.4 is 4.74 Å². The number of carbonyl (C=O) groups excluding carboxylic acids is 1. The van der Waals surface area contributed by atoms with E-state index in [1.165, 1.54) is 25.3 Å². The van der Waals surface area contributed by atoms with Crippen LogP contribution in [0.25, 0.3) is 0 Å². The summed E-state index contributed by atoms with van der Waals surface area (Å²) in [7, 11) is 1.43. The molecule has 0 aliphatic heterocycles. The number of amides is 1. The SMILES string of the molecule is COc1ccc(C(=O)N(CCO)CC(F)(F)F)cc1Br. The molecule has 0 radical (unpaired) electrons. The van der Waals surface area contributed by atoms with Gasteiger partial charge in [-0.15, -0.1) is 0 Å². The van der Waals surface area contributed by atoms with Gasteiger partial charge in [0.25, 0.3) is 5.91 Å². The molecule has 1 aromatic carbocycles. The van der Waals surface area contributed by atoms with E-state index in [2.05, 4.69) is 15.9 Å². The van der Waals surface area contributed by atoms with E-state index >= 15 is 0 Å². The number of aliphatic hydroxyl groups excluding tert-OH is 1. The van der Waals surface area contributed by atoms with Crippen LogP contribution in [0.3, 0.4) is 0 Å². The Labute approximate surface area is 122 Å². The van der Waals surface area contributed by atoms with Crippen LogP contribution in [0.4, 0.5) is 13.2 Å². The summed E-state index contributed by atoms with van der Waals surface area (Å²) in [5, 5.41) is 8.78. The number of methoxy groups -OCH3 is 1. The van der Waals surface area contributed by atoms with Gasteiger partial charge in [-0.25, -0.2) is 0 Å². The van der Waals surface area contributed by atoms with Gasteiger partial charge in [0.05, 0.1) is 18.2 Å². The van der Waals surface area contributed by atoms with Crippen LogP contribution in [0, 0.1) is 0 Å². The zero-order valence-corrected chi connectivity index (χ0v) is 12.2. The molecule has 0 atom stereocenters. The maximum atomic E-state index is 12.4. The molecule has 0 heterocycles. The summed E-state index contributed by atoms with van der Waals surface area (Å²) in [6.45, 7) is -2.34. The Kier molecular flexibility index (Phi) is 5.82. The molecule has 4 nitrogen and oxygen atoms in total. The number of benzene rings is 1. The zero-order chi connectivity index (χ0) is 15.3. The standard InChI is InChI=1S/C12H13BrF3NO3/c1-20-10-3-2-8(6-9(10)13)11(19)17(4-5-18)7-12(14,15)16/h2-3,6,18H,4-5,7H2,1H3. The summed E-state index contributed by atoms with van der Waals surface area (Å²) < 4.78 is 42.6. The molecule has 0 unspecified atom stereocenters. The van der Waals surface area contributed by atoms with Crippen LogP contribution in [0.15, 0.2) is 22.7 Å². The molecular weight excluding hydrogens is 343 g/mol. The molecule has 0 aromatic heterocycles. The molecule has 1 N–H and O–H groups in total. The quantitative estimate of drug-likeness (QED) is 0.882. The van der Waals surface area contributed by atoms with Gasteiger partial charge in [0.15, 0.2) is 0 Å². The second-order valence-corrected chi connectivity index (χ2v) is 4.77. The van der Waals surface area contributed by atoms with E-state index < -0.39 is 25.2 Å². The van der Waals surface area contributed by atoms with Crippen molar-refractivity contribution in [2.75, 3.05) is 26.8 Å². The van der Waals surface area contributed by atoms with Gasteiger partial charge in [0.2, 0.25) is 0 Å². The predicted octanol–water partition coefficient (Wildman–Crippen LogP) is 2.45. The highest BCUT2D eigenvalue weighted by molar-refractivity contribution is 9.10. The molecule has 0 spiro atoms. The van der Waals surface area contributed by atoms with E-state index in [-0.39, 0.29) is 12.1 Å². The van der Waals surface area contributed by atoms with Gasteiger partial charge in [-0.1, -0.05) is 0 Å². The van der Waals surface area contributed by atoms with Crippen molar-refractivity contribution in [1.82, 2.24) is 4.90 Å². The van der Waals surface area contributed by atoms with Crippen LogP contribution >= 0.6 is 15.9 Å². The van der Waals surface area contributed by atoms with Gasteiger partial charge in [-0.2, -0.15) is 13.2 Å². The molecule has 0 bridgehead atoms. The van der Waals surface area contributed by atoms with Crippen LogP contribution in [0.2, 0.25) is 0 Å². The second kappa shape index (κ2) is 6.94. The van der Waals surface area contributed by atoms with E-state index in [1.54, 1.807) is 0 Å². The first-order chi connectivity index (χ1) is 9.28. The lowest BCUT2D eigenvalue weighted by atomic mass is 10.2. The van der Waals surface area contributed by atoms with E-state index in [9.17, 15) is 18.0 Å². The maximum absolute atomic E-state index is 12.4. The highest BCUT2D eigenvalue weighted by Crippen LogP contribution is 2.26. The Bertz CT molecular complexity index is 480. The minimum Gasteiger partial charge on any atom is -0.496 e. The minimum absolute atomic E-state index is 0.0791. The second-order valence-electron chi connectivity index (χ2n) is 3.91. The summed E-state index contributed by atoms with van der Waals surface area (Å²) in [6.07, 6.45) is -4.52. The minimum atomic E-state index is -4.52. The number of halogens is 4. The molecule has 0 aliphatic rings. The van der Waals surface area contributed by atoms with E-state index in [4.69, 9.17) is 9.84 Å². The van der Waals surface area contributed by atoms with E-state index in [0.29, 0.717) is 15.1 Å². The average Bonchev–Trinajstić information content (AvgIpc) is 2.35. The highest BCUT2D eigenvalue weighted by Gasteiger charge is 2.33. The Hall–Kier alpha value is -1.28. The predicted molar refractivity (Wildman–Crippen MR) is 69.7 cm³/mol. The summed E-state index contributed by atoms with van der Waals surface area (Å²) in [4.78, 5) is 12.6. The number of hydrogen-bond acceptors (Lipinski definition) is 3. The number of alkyl halides is 3. The van der Waals surface area contributed by atoms with E-state index in [0.717, 1.165) is 0 Å². The van der Waals surface area contributed by atoms with Crippen LogP contribution in [-0.4, -0.2) is 48.9 Å². The van der Waals surface area contributed by atoms with Crippen molar-refractivity contribution in [2.45, 2.75) is 6.18 Å². The average molecular weight is 356 g/mol. The topological polar surface area (TPSA) is 49.8 Å². The van der Waals surface area contributed by atoms with Gasteiger partial charge >= 0.3 is 6.18 Å². The van der Waals surface area contributed by atoms with Gasteiger partial charge in [-0.05, 0) is 34.1 Å². The first kappa shape index (κ1) is 16.8. The van der Waals surface area contributed by atoms with Crippen molar-refractivity contribution >= 4 is 21.8 Å². The van der Waals surface area contributed by atoms with Gasteiger partial charge in [0, 0.05) is 12.1 Å². The molecule has 0 saturated carbocycles. The number of carbonyl (C=O) groups is 1. The number of hydrogen-bond donors (Lipinski definition) is 1. The van der Waals surface area contributed by atoms with Crippen molar-refractivity contribution in [3.8, 4) is 5.75 Å². The number of nitrogens with zero attached hydrogens (tertiary/aromatic N) is 1. The first-order valence-corrected chi connectivity index (χ1v) is 6.38. The summed E-state index contributed by atoms with van der Waals surface area (Å²) in [5.41, 5.74) is 0.0791. The van der Waals surface area contributed by atoms with Crippen LogP contribution in [0.1, 0.15) is 10.4 Å². The number of aliphatic hydroxyl groups is 1. The fourth-order valence-corrected chi connectivity index (χ4v) is 2.11. The summed E-state index contributed by atoms with van der Waals surface area (Å²) in [5.74, 6) is -0.342. The molecule has 20 heavy (non-hydrogen) atoms. The fourth-order valence-electron chi connectivity index (χ4n) is 1.57. The smallest absolute Gasteiger partial charge is 0.406 e. The lowest BCUT2D eigenvalue weighted by Gasteiger charge is -2.23. The molecule has 0 saturated heterocycles. The van der Waals surface area contributed by atoms with Gasteiger partial charge in [0.1, 0.15) is 12.3 Å². The monoisotopic (exact) mass is 355 g/mol. The molecule has 0 fully saturated rings. The van der Waals surface area contributed by atoms with Crippen molar-refractivity contribution in [2.24, 2.45) is 0 Å². The molecule has 1 amide bonds. The Morgan fingerprint density at radius 1 is 1.45 bits per heavy atom. The largest absolute Gasteiger partial charge is 0.496 e. The van der Waals surface area contributed by atoms with E-state index in [1.807, 2.05) is 0 Å². The molecule has 112 valence electrons. The summed E-state index contributed by atoms with van der Waals surface area (Å²) in [6, 6.07) is 4.22. The first-order valence-electron chi connectivity index (χ1n) is 5.59. The van der Waals surface area contributed by atoms with Gasteiger partial charge < -0.3 is 14.7 Å². The van der Waals surface area contributed by atoms with Crippen LogP contribution in [-0.2, 0) is 0 Å². The molecule has 1 aromatic rings. The lowest BCUT2D eigenvalue weighted by Crippen LogP contribution is -2.40. The molecular formula is C12H13BrF3NO3. The Morgan fingerprint density at radius 3 is 2.55 bits per heavy atom. The third kappa shape index (κ3) is 4.68. The third-order valence-electron chi connectivity index (χ3n) is 2.43. The normalized spacial score (nSPS) is 11.3. The molecule has 1 rings (SSSR count). The highest BCUT2D eigenvalue weighted by atomic mass is 79.9. The summed E-state index contributed by atoms with van der Waals surface area (Å²) >= 11 is 3.16. The van der Waals surface area contributed by atoms with Crippen molar-refractivity contribution < 1.29 is 27.8 Å². The van der Waals surface area contributed by atoms with Crippen molar-refractivity contribution in [3.05, 3.63) is 28.2 Å². The molecule has 8 heteroatoms. The third-order valence-corrected chi connectivity index (χ3v) is 3.05. The molecule has 0 aliphatic carbocycles. The zero-order valence-electron chi connectivity index (χ0n) is 10.6. The number of rotatable bonds is 5. The van der Waals surface area contributed by atoms with Crippen molar-refractivity contribution in [3.63, 3.8) is 0 Å². The Balaban J connectivity index is 2.97. The maximum Gasteiger partial charge on any atom is 0.406 e. The fraction of sp³-hybridized carbons (Fsp3) is 0.417. The number of ether oxygens (including phenoxy) is 1. The van der Waals surface area contributed by atoms with Crippen LogP contribution in [0.5, 0.6) is 5.75 Å². The van der Waals surface area contributed by atoms with Crippen molar-refractivity contribution in [1.29, 1.82) is 0 Å².